The van der Waals surface area contributed by atoms with Crippen LogP contribution < -0.4 is 5.32 Å². The Morgan fingerprint density at radius 1 is 1.10 bits per heavy atom. The zero-order valence-electron chi connectivity index (χ0n) is 10.4. The number of rotatable bonds is 3. The predicted octanol–water partition coefficient (Wildman–Crippen LogP) is 5.23. The van der Waals surface area contributed by atoms with Gasteiger partial charge in [-0.3, -0.25) is 0 Å². The lowest BCUT2D eigenvalue weighted by molar-refractivity contribution is 0.630. The van der Waals surface area contributed by atoms with Crippen molar-refractivity contribution in [3.8, 4) is 0 Å². The molecule has 2 nitrogen and oxygen atoms in total. The third-order valence-corrected chi connectivity index (χ3v) is 3.77. The van der Waals surface area contributed by atoms with Crippen LogP contribution in [0.25, 0.3) is 10.9 Å². The van der Waals surface area contributed by atoms with Gasteiger partial charge in [0.1, 0.15) is 5.82 Å². The van der Waals surface area contributed by atoms with Crippen LogP contribution in [0.1, 0.15) is 5.69 Å². The highest BCUT2D eigenvalue weighted by Gasteiger charge is 2.09. The van der Waals surface area contributed by atoms with E-state index < -0.39 is 0 Å². The Hall–Kier alpha value is -1.71. The minimum Gasteiger partial charge on any atom is -0.377 e. The first-order chi connectivity index (χ1) is 9.65. The summed E-state index contributed by atoms with van der Waals surface area (Å²) in [6.45, 7) is 0.409. The van der Waals surface area contributed by atoms with E-state index in [4.69, 9.17) is 23.2 Å². The van der Waals surface area contributed by atoms with E-state index in [2.05, 4.69) is 10.3 Å². The highest BCUT2D eigenvalue weighted by Crippen LogP contribution is 2.28. The van der Waals surface area contributed by atoms with Crippen LogP contribution in [0.5, 0.6) is 0 Å². The van der Waals surface area contributed by atoms with Crippen molar-refractivity contribution >= 4 is 39.8 Å². The Morgan fingerprint density at radius 2 is 1.90 bits per heavy atom. The molecule has 0 aliphatic carbocycles. The first-order valence-corrected chi connectivity index (χ1v) is 6.85. The largest absolute Gasteiger partial charge is 0.377 e. The lowest BCUT2D eigenvalue weighted by atomic mass is 10.2. The van der Waals surface area contributed by atoms with Crippen LogP contribution >= 0.6 is 23.2 Å². The summed E-state index contributed by atoms with van der Waals surface area (Å²) < 4.78 is 13.7. The molecule has 0 saturated carbocycles. The fourth-order valence-electron chi connectivity index (χ4n) is 2.10. The summed E-state index contributed by atoms with van der Waals surface area (Å²) in [5.41, 5.74) is 2.18. The summed E-state index contributed by atoms with van der Waals surface area (Å²) in [5.74, 6) is -0.385. The zero-order valence-corrected chi connectivity index (χ0v) is 11.9. The van der Waals surface area contributed by atoms with E-state index in [1.165, 1.54) is 6.07 Å². The van der Waals surface area contributed by atoms with E-state index in [9.17, 15) is 4.39 Å². The third-order valence-electron chi connectivity index (χ3n) is 3.10. The van der Waals surface area contributed by atoms with Crippen LogP contribution in [0.3, 0.4) is 0 Å². The molecule has 0 saturated heterocycles. The maximum Gasteiger partial charge on any atom is 0.147 e. The number of H-pyrrole nitrogens is 1. The van der Waals surface area contributed by atoms with Crippen molar-refractivity contribution in [1.82, 2.24) is 4.98 Å². The second kappa shape index (κ2) is 5.35. The number of anilines is 1. The molecule has 2 aromatic carbocycles. The number of para-hydroxylation sites is 1. The first kappa shape index (κ1) is 13.3. The molecule has 5 heteroatoms. The van der Waals surface area contributed by atoms with Crippen molar-refractivity contribution in [2.75, 3.05) is 5.32 Å². The summed E-state index contributed by atoms with van der Waals surface area (Å²) in [4.78, 5) is 3.22. The average Bonchev–Trinajstić information content (AvgIpc) is 2.75. The number of aromatic amines is 1. The molecule has 0 spiro atoms. The molecule has 1 heterocycles. The molecule has 0 aliphatic rings. The fraction of sp³-hybridized carbons (Fsp3) is 0.0667. The Labute approximate surface area is 125 Å². The van der Waals surface area contributed by atoms with Gasteiger partial charge in [0.2, 0.25) is 0 Å². The van der Waals surface area contributed by atoms with E-state index in [1.807, 2.05) is 24.3 Å². The SMILES string of the molecule is Fc1cc(Cl)ccc1NCc1[nH]c2ccccc2c1Cl. The highest BCUT2D eigenvalue weighted by molar-refractivity contribution is 6.36. The van der Waals surface area contributed by atoms with E-state index in [1.54, 1.807) is 12.1 Å². The van der Waals surface area contributed by atoms with Crippen molar-refractivity contribution in [2.24, 2.45) is 0 Å². The molecule has 0 atom stereocenters. The first-order valence-electron chi connectivity index (χ1n) is 6.09. The van der Waals surface area contributed by atoms with Crippen LogP contribution in [0, 0.1) is 5.82 Å². The number of hydrogen-bond donors (Lipinski definition) is 2. The molecule has 0 amide bonds. The molecule has 0 fully saturated rings. The van der Waals surface area contributed by atoms with Gasteiger partial charge in [-0.2, -0.15) is 0 Å². The van der Waals surface area contributed by atoms with E-state index >= 15 is 0 Å². The van der Waals surface area contributed by atoms with Crippen LogP contribution in [-0.4, -0.2) is 4.98 Å². The van der Waals surface area contributed by atoms with Crippen molar-refractivity contribution in [2.45, 2.75) is 6.54 Å². The molecule has 0 radical (unpaired) electrons. The Kier molecular flexibility index (Phi) is 3.55. The molecule has 0 aliphatic heterocycles. The van der Waals surface area contributed by atoms with Gasteiger partial charge in [0, 0.05) is 15.9 Å². The second-order valence-electron chi connectivity index (χ2n) is 4.44. The normalized spacial score (nSPS) is 10.9. The predicted molar refractivity (Wildman–Crippen MR) is 82.0 cm³/mol. The molecule has 3 aromatic rings. The van der Waals surface area contributed by atoms with Gasteiger partial charge in [0.25, 0.3) is 0 Å². The lowest BCUT2D eigenvalue weighted by Gasteiger charge is -2.07. The van der Waals surface area contributed by atoms with E-state index in [0.29, 0.717) is 22.3 Å². The number of hydrogen-bond acceptors (Lipinski definition) is 1. The van der Waals surface area contributed by atoms with Crippen molar-refractivity contribution < 1.29 is 4.39 Å². The van der Waals surface area contributed by atoms with Crippen molar-refractivity contribution in [3.05, 3.63) is 64.0 Å². The summed E-state index contributed by atoms with van der Waals surface area (Å²) >= 11 is 12.0. The van der Waals surface area contributed by atoms with Crippen LogP contribution in [0.15, 0.2) is 42.5 Å². The van der Waals surface area contributed by atoms with Gasteiger partial charge in [-0.1, -0.05) is 41.4 Å². The van der Waals surface area contributed by atoms with Gasteiger partial charge >= 0.3 is 0 Å². The van der Waals surface area contributed by atoms with Gasteiger partial charge in [-0.05, 0) is 24.3 Å². The standard InChI is InChI=1S/C15H11Cl2FN2/c16-9-5-6-13(11(18)7-9)19-8-14-15(17)10-3-1-2-4-12(10)20-14/h1-7,19-20H,8H2. The number of nitrogens with one attached hydrogen (secondary N) is 2. The topological polar surface area (TPSA) is 27.8 Å². The molecular weight excluding hydrogens is 298 g/mol. The molecule has 2 N–H and O–H groups in total. The second-order valence-corrected chi connectivity index (χ2v) is 5.26. The monoisotopic (exact) mass is 308 g/mol. The fourth-order valence-corrected chi connectivity index (χ4v) is 2.54. The number of benzene rings is 2. The Balaban J connectivity index is 1.85. The maximum atomic E-state index is 13.7. The van der Waals surface area contributed by atoms with Gasteiger partial charge in [-0.25, -0.2) is 4.39 Å². The number of fused-ring (bicyclic) bond motifs is 1. The maximum absolute atomic E-state index is 13.7. The summed E-state index contributed by atoms with van der Waals surface area (Å²) in [7, 11) is 0. The summed E-state index contributed by atoms with van der Waals surface area (Å²) in [6.07, 6.45) is 0. The molecule has 1 aromatic heterocycles. The van der Waals surface area contributed by atoms with E-state index in [0.717, 1.165) is 16.6 Å². The quantitative estimate of drug-likeness (QED) is 0.681. The number of aromatic nitrogens is 1. The van der Waals surface area contributed by atoms with Crippen LogP contribution in [0.2, 0.25) is 10.0 Å². The Bertz CT molecular complexity index is 768. The Morgan fingerprint density at radius 3 is 2.65 bits per heavy atom. The van der Waals surface area contributed by atoms with E-state index in [-0.39, 0.29) is 5.82 Å². The molecule has 102 valence electrons. The van der Waals surface area contributed by atoms with Gasteiger partial charge in [-0.15, -0.1) is 0 Å². The van der Waals surface area contributed by atoms with Crippen molar-refractivity contribution in [1.29, 1.82) is 0 Å². The summed E-state index contributed by atoms with van der Waals surface area (Å²) in [5, 5.41) is 5.00. The lowest BCUT2D eigenvalue weighted by Crippen LogP contribution is -2.02. The van der Waals surface area contributed by atoms with Gasteiger partial charge in [0.15, 0.2) is 0 Å². The minimum atomic E-state index is -0.385. The van der Waals surface area contributed by atoms with Crippen LogP contribution in [-0.2, 0) is 6.54 Å². The molecular formula is C15H11Cl2FN2. The summed E-state index contributed by atoms with van der Waals surface area (Å²) in [6, 6.07) is 12.3. The molecule has 0 unspecified atom stereocenters. The smallest absolute Gasteiger partial charge is 0.147 e. The average molecular weight is 309 g/mol. The highest BCUT2D eigenvalue weighted by atomic mass is 35.5. The van der Waals surface area contributed by atoms with Crippen LogP contribution in [0.4, 0.5) is 10.1 Å². The molecule has 20 heavy (non-hydrogen) atoms. The zero-order chi connectivity index (χ0) is 14.1. The van der Waals surface area contributed by atoms with Gasteiger partial charge in [0.05, 0.1) is 22.9 Å². The van der Waals surface area contributed by atoms with Gasteiger partial charge < -0.3 is 10.3 Å². The molecule has 0 bridgehead atoms. The number of halogens is 3. The third kappa shape index (κ3) is 2.47. The molecule has 3 rings (SSSR count). The van der Waals surface area contributed by atoms with Crippen molar-refractivity contribution in [3.63, 3.8) is 0 Å². The minimum absolute atomic E-state index is 0.372.